The zero-order valence-corrected chi connectivity index (χ0v) is 17.2. The lowest BCUT2D eigenvalue weighted by atomic mass is 10.1. The van der Waals surface area contributed by atoms with E-state index in [1.54, 1.807) is 31.2 Å². The van der Waals surface area contributed by atoms with E-state index in [0.717, 1.165) is 5.56 Å². The number of benzene rings is 2. The molecule has 2 N–H and O–H groups in total. The molecule has 9 nitrogen and oxygen atoms in total. The number of carbonyl (C=O) groups is 1. The number of hydrogen-bond donors (Lipinski definition) is 2. The summed E-state index contributed by atoms with van der Waals surface area (Å²) in [5.74, 6) is 0.451. The van der Waals surface area contributed by atoms with Crippen molar-refractivity contribution >= 4 is 28.9 Å². The van der Waals surface area contributed by atoms with Gasteiger partial charge >= 0.3 is 0 Å². The lowest BCUT2D eigenvalue weighted by molar-refractivity contribution is -0.384. The molecule has 0 aliphatic rings. The number of amides is 1. The monoisotopic (exact) mass is 430 g/mol. The minimum atomic E-state index is -0.625. The van der Waals surface area contributed by atoms with Gasteiger partial charge in [0.2, 0.25) is 0 Å². The normalized spacial score (nSPS) is 11.8. The number of nitrogens with one attached hydrogen (secondary N) is 2. The van der Waals surface area contributed by atoms with E-state index in [9.17, 15) is 20.2 Å². The highest BCUT2D eigenvalue weighted by molar-refractivity contribution is 6.32. The van der Waals surface area contributed by atoms with Crippen LogP contribution in [0, 0.1) is 21.4 Å². The predicted molar refractivity (Wildman–Crippen MR) is 112 cm³/mol. The molecule has 0 saturated carbocycles. The average Bonchev–Trinajstić information content (AvgIpc) is 2.74. The number of halogens is 1. The fraction of sp³-hybridized carbons (Fsp3) is 0.200. The van der Waals surface area contributed by atoms with Crippen LogP contribution in [0.2, 0.25) is 5.02 Å². The Hall–Kier alpha value is -3.77. The van der Waals surface area contributed by atoms with Crippen molar-refractivity contribution < 1.29 is 19.2 Å². The molecule has 0 radical (unpaired) electrons. The Kier molecular flexibility index (Phi) is 7.61. The molecule has 10 heteroatoms. The van der Waals surface area contributed by atoms with E-state index >= 15 is 0 Å². The van der Waals surface area contributed by atoms with Gasteiger partial charge in [-0.1, -0.05) is 17.7 Å². The van der Waals surface area contributed by atoms with Gasteiger partial charge in [-0.05, 0) is 36.8 Å². The Bertz CT molecular complexity index is 1030. The van der Waals surface area contributed by atoms with Gasteiger partial charge in [0.15, 0.2) is 11.5 Å². The summed E-state index contributed by atoms with van der Waals surface area (Å²) in [6.45, 7) is 1.75. The zero-order valence-electron chi connectivity index (χ0n) is 16.4. The lowest BCUT2D eigenvalue weighted by Gasteiger charge is -2.16. The molecule has 0 aromatic heterocycles. The van der Waals surface area contributed by atoms with E-state index < -0.39 is 16.9 Å². The van der Waals surface area contributed by atoms with E-state index in [4.69, 9.17) is 21.1 Å². The Morgan fingerprint density at radius 2 is 1.93 bits per heavy atom. The molecule has 0 bridgehead atoms. The van der Waals surface area contributed by atoms with Gasteiger partial charge in [0.1, 0.15) is 16.7 Å². The highest BCUT2D eigenvalue weighted by atomic mass is 35.5. The molecule has 0 heterocycles. The van der Waals surface area contributed by atoms with Crippen LogP contribution in [0.1, 0.15) is 18.5 Å². The molecule has 1 unspecified atom stereocenters. The van der Waals surface area contributed by atoms with E-state index in [1.165, 1.54) is 38.6 Å². The SMILES string of the molecule is COc1ccc(C(C)NC(=O)/C(C#N)=C\Nc2ccc(Cl)c([N+](=O)[O-])c2)cc1OC. The van der Waals surface area contributed by atoms with E-state index in [0.29, 0.717) is 17.2 Å². The minimum Gasteiger partial charge on any atom is -0.493 e. The van der Waals surface area contributed by atoms with Gasteiger partial charge < -0.3 is 20.1 Å². The van der Waals surface area contributed by atoms with Crippen LogP contribution in [-0.2, 0) is 4.79 Å². The number of carbonyl (C=O) groups excluding carboxylic acids is 1. The Morgan fingerprint density at radius 3 is 2.53 bits per heavy atom. The van der Waals surface area contributed by atoms with Crippen LogP contribution in [0.3, 0.4) is 0 Å². The standard InChI is InChI=1S/C20H19ClN4O5/c1-12(13-4-7-18(29-2)19(8-13)30-3)24-20(26)14(10-22)11-23-15-5-6-16(21)17(9-15)25(27)28/h4-9,11-12,23H,1-3H3,(H,24,26)/b14-11-. The van der Waals surface area contributed by atoms with Crippen LogP contribution in [-0.4, -0.2) is 25.1 Å². The van der Waals surface area contributed by atoms with Crippen molar-refractivity contribution in [2.75, 3.05) is 19.5 Å². The largest absolute Gasteiger partial charge is 0.493 e. The number of nitro benzene ring substituents is 1. The van der Waals surface area contributed by atoms with Crippen molar-refractivity contribution in [3.8, 4) is 17.6 Å². The van der Waals surface area contributed by atoms with Crippen LogP contribution in [0.4, 0.5) is 11.4 Å². The summed E-state index contributed by atoms with van der Waals surface area (Å²) in [6, 6.07) is 10.6. The molecule has 0 aliphatic carbocycles. The molecule has 0 spiro atoms. The summed E-state index contributed by atoms with van der Waals surface area (Å²) in [5, 5.41) is 25.7. The topological polar surface area (TPSA) is 127 Å². The first-order valence-corrected chi connectivity index (χ1v) is 9.02. The number of ether oxygens (including phenoxy) is 2. The summed E-state index contributed by atoms with van der Waals surface area (Å²) in [6.07, 6.45) is 1.17. The highest BCUT2D eigenvalue weighted by Crippen LogP contribution is 2.30. The Balaban J connectivity index is 2.14. The van der Waals surface area contributed by atoms with Crippen LogP contribution < -0.4 is 20.1 Å². The molecule has 1 atom stereocenters. The Labute approximate surface area is 178 Å². The summed E-state index contributed by atoms with van der Waals surface area (Å²) in [5.41, 5.74) is 0.555. The van der Waals surface area contributed by atoms with E-state index in [-0.39, 0.29) is 16.3 Å². The fourth-order valence-corrected chi connectivity index (χ4v) is 2.71. The molecule has 1 amide bonds. The van der Waals surface area contributed by atoms with Gasteiger partial charge in [-0.15, -0.1) is 0 Å². The summed E-state index contributed by atoms with van der Waals surface area (Å²) in [4.78, 5) is 22.8. The molecule has 2 rings (SSSR count). The number of rotatable bonds is 8. The molecular formula is C20H19ClN4O5. The van der Waals surface area contributed by atoms with Gasteiger partial charge in [-0.2, -0.15) is 5.26 Å². The van der Waals surface area contributed by atoms with Gasteiger partial charge in [0.25, 0.3) is 11.6 Å². The van der Waals surface area contributed by atoms with Gasteiger partial charge in [-0.25, -0.2) is 0 Å². The second-order valence-corrected chi connectivity index (χ2v) is 6.45. The van der Waals surface area contributed by atoms with E-state index in [1.807, 2.05) is 0 Å². The average molecular weight is 431 g/mol. The van der Waals surface area contributed by atoms with Gasteiger partial charge in [-0.3, -0.25) is 14.9 Å². The molecule has 156 valence electrons. The van der Waals surface area contributed by atoms with Crippen molar-refractivity contribution in [2.45, 2.75) is 13.0 Å². The smallest absolute Gasteiger partial charge is 0.289 e. The van der Waals surface area contributed by atoms with Crippen LogP contribution in [0.5, 0.6) is 11.5 Å². The van der Waals surface area contributed by atoms with Crippen molar-refractivity contribution in [3.05, 3.63) is 68.9 Å². The zero-order chi connectivity index (χ0) is 22.3. The number of hydrogen-bond acceptors (Lipinski definition) is 7. The van der Waals surface area contributed by atoms with Crippen molar-refractivity contribution in [1.82, 2.24) is 5.32 Å². The number of nitriles is 1. The van der Waals surface area contributed by atoms with Crippen LogP contribution >= 0.6 is 11.6 Å². The minimum absolute atomic E-state index is 0.0171. The van der Waals surface area contributed by atoms with Crippen molar-refractivity contribution in [1.29, 1.82) is 5.26 Å². The second kappa shape index (κ2) is 10.1. The van der Waals surface area contributed by atoms with E-state index in [2.05, 4.69) is 10.6 Å². The molecule has 30 heavy (non-hydrogen) atoms. The second-order valence-electron chi connectivity index (χ2n) is 6.05. The third-order valence-corrected chi connectivity index (χ3v) is 4.47. The van der Waals surface area contributed by atoms with Crippen molar-refractivity contribution in [2.24, 2.45) is 0 Å². The molecule has 2 aromatic carbocycles. The van der Waals surface area contributed by atoms with Crippen LogP contribution in [0.15, 0.2) is 48.2 Å². The highest BCUT2D eigenvalue weighted by Gasteiger charge is 2.16. The molecule has 2 aromatic rings. The maximum absolute atomic E-state index is 12.5. The first kappa shape index (κ1) is 22.5. The predicted octanol–water partition coefficient (Wildman–Crippen LogP) is 3.96. The maximum atomic E-state index is 12.5. The van der Waals surface area contributed by atoms with Crippen molar-refractivity contribution in [3.63, 3.8) is 0 Å². The lowest BCUT2D eigenvalue weighted by Crippen LogP contribution is -2.28. The van der Waals surface area contributed by atoms with Gasteiger partial charge in [0, 0.05) is 18.0 Å². The number of nitrogens with zero attached hydrogens (tertiary/aromatic N) is 2. The first-order valence-electron chi connectivity index (χ1n) is 8.64. The molecule has 0 aliphatic heterocycles. The summed E-state index contributed by atoms with van der Waals surface area (Å²) < 4.78 is 10.4. The first-order chi connectivity index (χ1) is 14.3. The molecule has 0 fully saturated rings. The number of anilines is 1. The summed E-state index contributed by atoms with van der Waals surface area (Å²) >= 11 is 5.77. The van der Waals surface area contributed by atoms with Crippen LogP contribution in [0.25, 0.3) is 0 Å². The number of methoxy groups -OCH3 is 2. The third kappa shape index (κ3) is 5.40. The number of nitro groups is 1. The fourth-order valence-electron chi connectivity index (χ4n) is 2.53. The quantitative estimate of drug-likeness (QED) is 0.281. The Morgan fingerprint density at radius 1 is 1.23 bits per heavy atom. The third-order valence-electron chi connectivity index (χ3n) is 4.15. The van der Waals surface area contributed by atoms with Gasteiger partial charge in [0.05, 0.1) is 25.2 Å². The maximum Gasteiger partial charge on any atom is 0.289 e. The molecule has 0 saturated heterocycles. The molecular weight excluding hydrogens is 412 g/mol. The summed E-state index contributed by atoms with van der Waals surface area (Å²) in [7, 11) is 3.03.